The summed E-state index contributed by atoms with van der Waals surface area (Å²) in [4.78, 5) is 9.86. The average molecular weight is 1190 g/mol. The first-order valence-electron chi connectivity index (χ1n) is 27.8. The van der Waals surface area contributed by atoms with Gasteiger partial charge in [-0.3, -0.25) is 4.98 Å². The number of aryl methyl sites for hydroxylation is 1. The minimum atomic E-state index is -2.19. The van der Waals surface area contributed by atoms with Crippen LogP contribution in [0.1, 0.15) is 86.7 Å². The number of aromatic nitrogens is 3. The van der Waals surface area contributed by atoms with E-state index >= 15 is 0 Å². The Labute approximate surface area is 467 Å². The maximum absolute atomic E-state index is 7.86. The van der Waals surface area contributed by atoms with E-state index in [4.69, 9.17) is 13.5 Å². The van der Waals surface area contributed by atoms with E-state index in [0.717, 1.165) is 61.2 Å². The fraction of sp³-hybridized carbons (Fsp3) is 0.200. The number of hydrogen-bond acceptors (Lipinski definition) is 3. The number of benzene rings is 9. The van der Waals surface area contributed by atoms with E-state index in [9.17, 15) is 0 Å². The Kier molecular flexibility index (Phi) is 13.2. The van der Waals surface area contributed by atoms with Gasteiger partial charge in [-0.1, -0.05) is 206 Å². The first-order chi connectivity index (χ1) is 37.2. The Morgan fingerprint density at radius 3 is 2.04 bits per heavy atom. The minimum absolute atomic E-state index is 0. The minimum Gasteiger partial charge on any atom is -0.501 e. The molecular formula is C70H65IrN3OSi-2. The van der Waals surface area contributed by atoms with Gasteiger partial charge in [-0.05, 0) is 120 Å². The summed E-state index contributed by atoms with van der Waals surface area (Å²) in [6.45, 7) is 20.7. The normalized spacial score (nSPS) is 12.8. The summed E-state index contributed by atoms with van der Waals surface area (Å²) in [6, 6.07) is 68.1. The van der Waals surface area contributed by atoms with Crippen LogP contribution in [0.2, 0.25) is 19.6 Å². The van der Waals surface area contributed by atoms with E-state index in [0.29, 0.717) is 11.1 Å². The third kappa shape index (κ3) is 9.91. The van der Waals surface area contributed by atoms with Gasteiger partial charge in [0.1, 0.15) is 5.58 Å². The molecule has 3 aromatic heterocycles. The van der Waals surface area contributed by atoms with Crippen LogP contribution in [-0.4, -0.2) is 22.6 Å². The van der Waals surface area contributed by atoms with Gasteiger partial charge in [0.15, 0.2) is 0 Å². The van der Waals surface area contributed by atoms with Crippen LogP contribution in [0.5, 0.6) is 0 Å². The molecule has 0 fully saturated rings. The van der Waals surface area contributed by atoms with Crippen molar-refractivity contribution in [3.63, 3.8) is 0 Å². The number of fused-ring (bicyclic) bond motifs is 7. The summed E-state index contributed by atoms with van der Waals surface area (Å²) < 4.78 is 32.8. The van der Waals surface area contributed by atoms with E-state index in [-0.39, 0.29) is 37.4 Å². The van der Waals surface area contributed by atoms with Gasteiger partial charge in [0.2, 0.25) is 0 Å². The topological polar surface area (TPSA) is 43.9 Å². The average Bonchev–Trinajstić information content (AvgIpc) is 3.91. The van der Waals surface area contributed by atoms with E-state index < -0.39 is 14.9 Å². The molecule has 0 N–H and O–H groups in total. The number of furan rings is 1. The van der Waals surface area contributed by atoms with Crippen LogP contribution in [0, 0.1) is 19.0 Å². The quantitative estimate of drug-likeness (QED) is 0.0865. The molecule has 0 aliphatic heterocycles. The third-order valence-electron chi connectivity index (χ3n) is 14.7. The van der Waals surface area contributed by atoms with E-state index in [1.54, 1.807) is 6.07 Å². The molecule has 3 heterocycles. The smallest absolute Gasteiger partial charge is 0.121 e. The SMILES string of the molecule is CC(C)c1cc(-c2ccc(C(C)(C)C)cc2)cc(C(C)C)c1-n1c(-c2[c-]ccc3c2oc2cc4c(ccc5ccccc54)cc23)nc2ccccc21.[2H]C([2H])([2H])c1c[c-]c(-c2cc([Si](C)(C)C)ccn2)cc1-c1ccccc1.[Ir]. The Bertz CT molecular complexity index is 4190. The Morgan fingerprint density at radius 2 is 1.33 bits per heavy atom. The van der Waals surface area contributed by atoms with Crippen molar-refractivity contribution in [3.8, 4) is 50.6 Å². The number of imidazole rings is 1. The number of nitrogens with zero attached hydrogens (tertiary/aromatic N) is 3. The first-order valence-corrected chi connectivity index (χ1v) is 29.8. The molecule has 9 aromatic carbocycles. The second kappa shape index (κ2) is 20.7. The summed E-state index contributed by atoms with van der Waals surface area (Å²) >= 11 is 0. The van der Waals surface area contributed by atoms with Gasteiger partial charge in [-0.15, -0.1) is 47.5 Å². The van der Waals surface area contributed by atoms with Crippen LogP contribution in [0.25, 0.3) is 105 Å². The van der Waals surface area contributed by atoms with Gasteiger partial charge in [-0.25, -0.2) is 0 Å². The fourth-order valence-electron chi connectivity index (χ4n) is 10.5. The molecule has 0 amide bonds. The van der Waals surface area contributed by atoms with Crippen molar-refractivity contribution in [2.24, 2.45) is 0 Å². The standard InChI is InChI=1S/C49H43N2O.C21H22NSi.Ir/c1-29(2)39-26-34(31-21-23-35(24-22-31)49(5,6)7)27-40(30(3)4)46(39)51-44-18-11-10-17-43(44)50-48(51)38-16-12-15-37-42-25-33-20-19-32-13-8-9-14-36(32)41(33)28-45(42)52-47(37)38;1-16-10-11-18(14-20(16)17-8-6-5-7-9-17)21-15-19(12-13-22-21)23(2,3)4;/h8-15,17-30H,1-7H3;5-10,12-15H,1-4H3;/q2*-1;/i;1D3;. The maximum atomic E-state index is 7.86. The molecule has 381 valence electrons. The van der Waals surface area contributed by atoms with Crippen molar-refractivity contribution < 1.29 is 28.6 Å². The van der Waals surface area contributed by atoms with Gasteiger partial charge < -0.3 is 14.0 Å². The molecule has 4 nitrogen and oxygen atoms in total. The fourth-order valence-corrected chi connectivity index (χ4v) is 11.7. The van der Waals surface area contributed by atoms with Crippen molar-refractivity contribution in [3.05, 3.63) is 217 Å². The van der Waals surface area contributed by atoms with Crippen LogP contribution in [0.3, 0.4) is 0 Å². The molecule has 0 unspecified atom stereocenters. The van der Waals surface area contributed by atoms with E-state index in [2.05, 4.69) is 217 Å². The molecule has 0 aliphatic rings. The first kappa shape index (κ1) is 48.4. The van der Waals surface area contributed by atoms with Crippen molar-refractivity contribution in [1.82, 2.24) is 14.5 Å². The van der Waals surface area contributed by atoms with Gasteiger partial charge in [0, 0.05) is 41.5 Å². The molecular weight excluding hydrogens is 1120 g/mol. The van der Waals surface area contributed by atoms with Gasteiger partial charge >= 0.3 is 0 Å². The Morgan fingerprint density at radius 1 is 0.632 bits per heavy atom. The molecule has 0 aliphatic carbocycles. The Hall–Kier alpha value is -7.21. The number of hydrogen-bond donors (Lipinski definition) is 0. The molecule has 0 bridgehead atoms. The molecule has 0 spiro atoms. The van der Waals surface area contributed by atoms with Gasteiger partial charge in [-0.2, -0.15) is 0 Å². The monoisotopic (exact) mass is 1190 g/mol. The predicted molar refractivity (Wildman–Crippen MR) is 322 cm³/mol. The van der Waals surface area contributed by atoms with Crippen molar-refractivity contribution in [1.29, 1.82) is 0 Å². The van der Waals surface area contributed by atoms with Gasteiger partial charge in [0.25, 0.3) is 0 Å². The number of para-hydroxylation sites is 2. The maximum Gasteiger partial charge on any atom is 0.121 e. The van der Waals surface area contributed by atoms with E-state index in [1.807, 2.05) is 48.7 Å². The van der Waals surface area contributed by atoms with Crippen LogP contribution in [-0.2, 0) is 25.5 Å². The van der Waals surface area contributed by atoms with Crippen LogP contribution in [0.15, 0.2) is 187 Å². The van der Waals surface area contributed by atoms with E-state index in [1.165, 1.54) is 60.2 Å². The zero-order chi connectivity index (χ0) is 54.8. The third-order valence-corrected chi connectivity index (χ3v) is 16.8. The zero-order valence-electron chi connectivity index (χ0n) is 48.1. The van der Waals surface area contributed by atoms with Crippen molar-refractivity contribution in [2.45, 2.75) is 92.2 Å². The molecule has 12 aromatic rings. The van der Waals surface area contributed by atoms with Crippen LogP contribution >= 0.6 is 0 Å². The summed E-state index contributed by atoms with van der Waals surface area (Å²) in [5, 5.41) is 8.33. The molecule has 76 heavy (non-hydrogen) atoms. The molecule has 1 radical (unpaired) electrons. The summed E-state index contributed by atoms with van der Waals surface area (Å²) in [7, 11) is -1.46. The second-order valence-corrected chi connectivity index (χ2v) is 27.8. The van der Waals surface area contributed by atoms with Crippen molar-refractivity contribution in [2.75, 3.05) is 0 Å². The molecule has 12 rings (SSSR count). The van der Waals surface area contributed by atoms with Crippen molar-refractivity contribution >= 4 is 67.8 Å². The number of pyridine rings is 1. The second-order valence-electron chi connectivity index (χ2n) is 22.7. The summed E-state index contributed by atoms with van der Waals surface area (Å²) in [6.07, 6.45) is 1.83. The predicted octanol–water partition coefficient (Wildman–Crippen LogP) is 19.0. The Balaban J connectivity index is 0.000000220. The largest absolute Gasteiger partial charge is 0.501 e. The van der Waals surface area contributed by atoms with Gasteiger partial charge in [0.05, 0.1) is 30.5 Å². The molecule has 0 atom stereocenters. The summed E-state index contributed by atoms with van der Waals surface area (Å²) in [5.41, 5.74) is 15.8. The molecule has 0 saturated carbocycles. The number of rotatable bonds is 8. The molecule has 0 saturated heterocycles. The molecule has 6 heteroatoms. The summed E-state index contributed by atoms with van der Waals surface area (Å²) in [5.74, 6) is 1.37. The van der Waals surface area contributed by atoms with Crippen LogP contribution < -0.4 is 5.19 Å². The zero-order valence-corrected chi connectivity index (χ0v) is 48.5. The van der Waals surface area contributed by atoms with Crippen LogP contribution in [0.4, 0.5) is 0 Å².